The second-order valence-corrected chi connectivity index (χ2v) is 6.90. The maximum absolute atomic E-state index is 9.85. The molecule has 3 aromatic rings. The Hall–Kier alpha value is -3.00. The lowest BCUT2D eigenvalue weighted by atomic mass is 10.1. The lowest BCUT2D eigenvalue weighted by molar-refractivity contribution is 0.122. The van der Waals surface area contributed by atoms with Crippen LogP contribution in [0, 0.1) is 0 Å². The highest BCUT2D eigenvalue weighted by Crippen LogP contribution is 2.27. The highest BCUT2D eigenvalue weighted by molar-refractivity contribution is 5.66. The van der Waals surface area contributed by atoms with Crippen molar-refractivity contribution in [1.82, 2.24) is 9.97 Å². The molecular formula is C22H25N5O2. The fraction of sp³-hybridized carbons (Fsp3) is 0.273. The molecular weight excluding hydrogens is 366 g/mol. The molecule has 1 fully saturated rings. The molecule has 7 nitrogen and oxygen atoms in total. The Balaban J connectivity index is 1.56. The minimum absolute atomic E-state index is 0.0327. The Morgan fingerprint density at radius 3 is 2.76 bits per heavy atom. The predicted octanol–water partition coefficient (Wildman–Crippen LogP) is 2.67. The number of aromatic nitrogens is 2. The fourth-order valence-corrected chi connectivity index (χ4v) is 3.47. The van der Waals surface area contributed by atoms with Gasteiger partial charge in [-0.3, -0.25) is 0 Å². The molecule has 0 amide bonds. The van der Waals surface area contributed by atoms with Crippen molar-refractivity contribution >= 4 is 17.3 Å². The van der Waals surface area contributed by atoms with Crippen molar-refractivity contribution in [3.05, 3.63) is 65.9 Å². The Morgan fingerprint density at radius 1 is 1.10 bits per heavy atom. The molecule has 0 radical (unpaired) electrons. The van der Waals surface area contributed by atoms with E-state index in [9.17, 15) is 5.11 Å². The first-order valence-electron chi connectivity index (χ1n) is 9.73. The minimum Gasteiger partial charge on any atom is -0.392 e. The van der Waals surface area contributed by atoms with Gasteiger partial charge in [0.1, 0.15) is 0 Å². The number of rotatable bonds is 6. The van der Waals surface area contributed by atoms with Crippen LogP contribution in [0.25, 0.3) is 11.3 Å². The third-order valence-corrected chi connectivity index (χ3v) is 4.97. The van der Waals surface area contributed by atoms with Crippen LogP contribution in [0.5, 0.6) is 0 Å². The van der Waals surface area contributed by atoms with Gasteiger partial charge in [0.2, 0.25) is 5.95 Å². The van der Waals surface area contributed by atoms with Crippen LogP contribution >= 0.6 is 0 Å². The van der Waals surface area contributed by atoms with Gasteiger partial charge in [-0.05, 0) is 35.9 Å². The number of morpholine rings is 1. The van der Waals surface area contributed by atoms with Gasteiger partial charge in [-0.25, -0.2) is 9.97 Å². The van der Waals surface area contributed by atoms with Gasteiger partial charge >= 0.3 is 0 Å². The van der Waals surface area contributed by atoms with Crippen molar-refractivity contribution in [2.45, 2.75) is 13.2 Å². The summed E-state index contributed by atoms with van der Waals surface area (Å²) in [4.78, 5) is 11.2. The number of hydrogen-bond acceptors (Lipinski definition) is 7. The largest absolute Gasteiger partial charge is 0.392 e. The van der Waals surface area contributed by atoms with E-state index < -0.39 is 0 Å². The third-order valence-electron chi connectivity index (χ3n) is 4.97. The molecule has 2 heterocycles. The highest BCUT2D eigenvalue weighted by atomic mass is 16.5. The Kier molecular flexibility index (Phi) is 6.00. The molecule has 4 N–H and O–H groups in total. The van der Waals surface area contributed by atoms with Crippen molar-refractivity contribution in [1.29, 1.82) is 0 Å². The number of nitrogens with zero attached hydrogens (tertiary/aromatic N) is 3. The number of nitrogens with two attached hydrogens (primary N) is 1. The number of aliphatic hydroxyl groups is 1. The third kappa shape index (κ3) is 4.54. The van der Waals surface area contributed by atoms with Crippen LogP contribution in [0.4, 0.5) is 17.3 Å². The van der Waals surface area contributed by atoms with Gasteiger partial charge in [0, 0.05) is 48.3 Å². The van der Waals surface area contributed by atoms with Gasteiger partial charge in [0.15, 0.2) is 0 Å². The molecule has 1 aliphatic heterocycles. The first kappa shape index (κ1) is 19.3. The molecule has 2 aromatic carbocycles. The van der Waals surface area contributed by atoms with Crippen molar-refractivity contribution in [2.24, 2.45) is 5.73 Å². The minimum atomic E-state index is -0.0327. The van der Waals surface area contributed by atoms with Gasteiger partial charge in [-0.1, -0.05) is 18.2 Å². The van der Waals surface area contributed by atoms with Crippen LogP contribution in [-0.2, 0) is 17.9 Å². The van der Waals surface area contributed by atoms with Gasteiger partial charge in [-0.15, -0.1) is 0 Å². The maximum Gasteiger partial charge on any atom is 0.227 e. The zero-order chi connectivity index (χ0) is 20.1. The van der Waals surface area contributed by atoms with Gasteiger partial charge < -0.3 is 25.8 Å². The predicted molar refractivity (Wildman–Crippen MR) is 114 cm³/mol. The van der Waals surface area contributed by atoms with Gasteiger partial charge in [-0.2, -0.15) is 0 Å². The van der Waals surface area contributed by atoms with Crippen LogP contribution < -0.4 is 16.0 Å². The monoisotopic (exact) mass is 391 g/mol. The van der Waals surface area contributed by atoms with E-state index in [4.69, 9.17) is 10.5 Å². The highest BCUT2D eigenvalue weighted by Gasteiger charge is 2.15. The smallest absolute Gasteiger partial charge is 0.227 e. The van der Waals surface area contributed by atoms with E-state index in [0.717, 1.165) is 46.8 Å². The first-order valence-corrected chi connectivity index (χ1v) is 9.73. The number of anilines is 3. The quantitative estimate of drug-likeness (QED) is 0.594. The van der Waals surface area contributed by atoms with Crippen LogP contribution in [-0.4, -0.2) is 41.4 Å². The van der Waals surface area contributed by atoms with Crippen LogP contribution in [0.3, 0.4) is 0 Å². The standard InChI is InChI=1S/C22H25N5O2/c23-14-16-2-1-3-17(12-16)20-6-7-24-22(26-20)25-19-4-5-21(18(13-19)15-28)27-8-10-29-11-9-27/h1-7,12-13,28H,8-11,14-15,23H2,(H,24,25,26). The molecule has 4 rings (SSSR count). The van der Waals surface area contributed by atoms with E-state index in [0.29, 0.717) is 25.7 Å². The number of hydrogen-bond donors (Lipinski definition) is 3. The topological polar surface area (TPSA) is 96.5 Å². The normalized spacial score (nSPS) is 14.1. The summed E-state index contributed by atoms with van der Waals surface area (Å²) >= 11 is 0. The molecule has 1 aromatic heterocycles. The molecule has 7 heteroatoms. The lowest BCUT2D eigenvalue weighted by Gasteiger charge is -2.30. The van der Waals surface area contributed by atoms with E-state index in [1.54, 1.807) is 6.20 Å². The first-order chi connectivity index (χ1) is 14.3. The molecule has 0 aliphatic carbocycles. The van der Waals surface area contributed by atoms with E-state index >= 15 is 0 Å². The zero-order valence-electron chi connectivity index (χ0n) is 16.2. The second-order valence-electron chi connectivity index (χ2n) is 6.90. The Morgan fingerprint density at radius 2 is 1.97 bits per heavy atom. The fourth-order valence-electron chi connectivity index (χ4n) is 3.47. The van der Waals surface area contributed by atoms with Crippen molar-refractivity contribution in [3.63, 3.8) is 0 Å². The Labute approximate surface area is 170 Å². The number of ether oxygens (including phenoxy) is 1. The van der Waals surface area contributed by atoms with Crippen molar-refractivity contribution < 1.29 is 9.84 Å². The second kappa shape index (κ2) is 9.00. The summed E-state index contributed by atoms with van der Waals surface area (Å²) in [6.07, 6.45) is 1.73. The lowest BCUT2D eigenvalue weighted by Crippen LogP contribution is -2.36. The SMILES string of the molecule is NCc1cccc(-c2ccnc(Nc3ccc(N4CCOCC4)c(CO)c3)n2)c1. The van der Waals surface area contributed by atoms with Crippen molar-refractivity contribution in [2.75, 3.05) is 36.5 Å². The molecule has 0 spiro atoms. The van der Waals surface area contributed by atoms with E-state index in [1.165, 1.54) is 0 Å². The summed E-state index contributed by atoms with van der Waals surface area (Å²) in [5.74, 6) is 0.503. The molecule has 1 saturated heterocycles. The number of aliphatic hydroxyl groups excluding tert-OH is 1. The molecule has 0 unspecified atom stereocenters. The summed E-state index contributed by atoms with van der Waals surface area (Å²) in [6.45, 7) is 3.52. The molecule has 1 aliphatic rings. The van der Waals surface area contributed by atoms with Crippen LogP contribution in [0.2, 0.25) is 0 Å². The summed E-state index contributed by atoms with van der Waals surface area (Å²) in [5, 5.41) is 13.1. The number of benzene rings is 2. The Bertz CT molecular complexity index is 973. The van der Waals surface area contributed by atoms with Gasteiger partial charge in [0.05, 0.1) is 25.5 Å². The summed E-state index contributed by atoms with van der Waals surface area (Å²) in [7, 11) is 0. The average molecular weight is 391 g/mol. The molecule has 29 heavy (non-hydrogen) atoms. The molecule has 0 bridgehead atoms. The van der Waals surface area contributed by atoms with Crippen LogP contribution in [0.15, 0.2) is 54.7 Å². The number of nitrogens with one attached hydrogen (secondary N) is 1. The van der Waals surface area contributed by atoms with Crippen LogP contribution in [0.1, 0.15) is 11.1 Å². The average Bonchev–Trinajstić information content (AvgIpc) is 2.80. The maximum atomic E-state index is 9.85. The summed E-state index contributed by atoms with van der Waals surface area (Å²) < 4.78 is 5.42. The summed E-state index contributed by atoms with van der Waals surface area (Å²) in [5.41, 5.74) is 11.4. The summed E-state index contributed by atoms with van der Waals surface area (Å²) in [6, 6.07) is 15.8. The molecule has 0 atom stereocenters. The van der Waals surface area contributed by atoms with Crippen molar-refractivity contribution in [3.8, 4) is 11.3 Å². The van der Waals surface area contributed by atoms with E-state index in [1.807, 2.05) is 48.5 Å². The van der Waals surface area contributed by atoms with Gasteiger partial charge in [0.25, 0.3) is 0 Å². The molecule has 150 valence electrons. The van der Waals surface area contributed by atoms with E-state index in [-0.39, 0.29) is 6.61 Å². The molecule has 0 saturated carbocycles. The zero-order valence-corrected chi connectivity index (χ0v) is 16.2. The van der Waals surface area contributed by atoms with E-state index in [2.05, 4.69) is 20.2 Å².